The summed E-state index contributed by atoms with van der Waals surface area (Å²) in [5.41, 5.74) is 0. The van der Waals surface area contributed by atoms with E-state index in [2.05, 4.69) is 14.2 Å². The maximum absolute atomic E-state index is 13.3. The lowest BCUT2D eigenvalue weighted by Gasteiger charge is -2.26. The fourth-order valence-electron chi connectivity index (χ4n) is 4.26. The zero-order valence-corrected chi connectivity index (χ0v) is 35.4. The van der Waals surface area contributed by atoms with Gasteiger partial charge >= 0.3 is 36.1 Å². The summed E-state index contributed by atoms with van der Waals surface area (Å²) >= 11 is 0. The Morgan fingerprint density at radius 3 is 0.800 bits per heavy atom. The Morgan fingerprint density at radius 1 is 0.267 bits per heavy atom. The van der Waals surface area contributed by atoms with Gasteiger partial charge in [0.1, 0.15) is 0 Å². The number of halogens is 12. The van der Waals surface area contributed by atoms with Crippen LogP contribution >= 0.6 is 0 Å². The monoisotopic (exact) mass is 912 g/mol. The second-order valence-electron chi connectivity index (χ2n) is 13.1. The third-order valence-corrected chi connectivity index (χ3v) is 8.05. The molecule has 0 aliphatic heterocycles. The molecule has 60 heavy (non-hydrogen) atoms. The maximum Gasteiger partial charge on any atom is 0.419 e. The Kier molecular flexibility index (Phi) is 35.6. The van der Waals surface area contributed by atoms with Crippen LogP contribution in [0.1, 0.15) is 98.3 Å². The smallest absolute Gasteiger partial charge is 0.377 e. The molecule has 0 N–H and O–H groups in total. The molecule has 0 unspecified atom stereocenters. The second kappa shape index (κ2) is 35.2. The number of hydrogen-bond acceptors (Lipinski definition) is 10. The molecule has 0 atom stereocenters. The molecule has 0 bridgehead atoms. The SMILES string of the molecule is CCC(F)(F)C(F)(F)OCCOCCOCCOCCOCCOCCOCCOCCOC(F)(F)C(F)(F)CC.CCCCCCOC(F)(F)C(F)(F)CCCCCC. The standard InChI is InChI=1S/C24H42F8O9.C14H26F4O/c1-3-21(25,26)23(29,30)40-19-17-38-15-13-36-11-9-34-7-5-33-6-8-35-10-12-37-14-16-39-18-20-41-24(31,32)22(27,28)4-2;1-3-5-7-9-11-13(15,16)14(17,18)19-12-10-8-6-4-2/h3-20H2,1-2H3;3-12H2,1-2H3. The van der Waals surface area contributed by atoms with Gasteiger partial charge in [0, 0.05) is 19.3 Å². The first kappa shape index (κ1) is 60.8. The van der Waals surface area contributed by atoms with Gasteiger partial charge in [0.15, 0.2) is 0 Å². The minimum absolute atomic E-state index is 0.0745. The second-order valence-corrected chi connectivity index (χ2v) is 13.1. The van der Waals surface area contributed by atoms with Gasteiger partial charge in [-0.15, -0.1) is 0 Å². The molecule has 0 fully saturated rings. The third kappa shape index (κ3) is 30.0. The largest absolute Gasteiger partial charge is 0.419 e. The number of rotatable bonds is 42. The van der Waals surface area contributed by atoms with Crippen molar-refractivity contribution in [2.75, 3.05) is 112 Å². The van der Waals surface area contributed by atoms with Gasteiger partial charge in [-0.05, 0) is 12.8 Å². The highest BCUT2D eigenvalue weighted by Gasteiger charge is 2.58. The Labute approximate surface area is 346 Å². The highest BCUT2D eigenvalue weighted by atomic mass is 19.3. The van der Waals surface area contributed by atoms with E-state index in [1.54, 1.807) is 0 Å². The first-order chi connectivity index (χ1) is 28.2. The molecule has 0 amide bonds. The van der Waals surface area contributed by atoms with Gasteiger partial charge in [-0.1, -0.05) is 66.2 Å². The van der Waals surface area contributed by atoms with Gasteiger partial charge in [0.25, 0.3) is 0 Å². The van der Waals surface area contributed by atoms with Crippen LogP contribution in [0.3, 0.4) is 0 Å². The molecule has 0 aliphatic rings. The summed E-state index contributed by atoms with van der Waals surface area (Å²) in [4.78, 5) is 0. The predicted molar refractivity (Wildman–Crippen MR) is 197 cm³/mol. The van der Waals surface area contributed by atoms with Crippen molar-refractivity contribution < 1.29 is 100 Å². The van der Waals surface area contributed by atoms with Crippen LogP contribution in [-0.2, 0) is 47.4 Å². The van der Waals surface area contributed by atoms with Gasteiger partial charge < -0.3 is 47.4 Å². The molecule has 364 valence electrons. The van der Waals surface area contributed by atoms with E-state index in [1.165, 1.54) is 0 Å². The van der Waals surface area contributed by atoms with Gasteiger partial charge in [-0.2, -0.15) is 52.7 Å². The molecule has 0 heterocycles. The number of unbranched alkanes of at least 4 members (excludes halogenated alkanes) is 6. The Morgan fingerprint density at radius 2 is 0.517 bits per heavy atom. The van der Waals surface area contributed by atoms with Crippen LogP contribution in [0.4, 0.5) is 52.7 Å². The lowest BCUT2D eigenvalue weighted by Crippen LogP contribution is -2.43. The highest BCUT2D eigenvalue weighted by Crippen LogP contribution is 2.40. The molecule has 0 aromatic carbocycles. The average molecular weight is 913 g/mol. The quantitative estimate of drug-likeness (QED) is 0.0436. The van der Waals surface area contributed by atoms with E-state index < -0.39 is 68.6 Å². The highest BCUT2D eigenvalue weighted by molar-refractivity contribution is 4.77. The molecule has 0 saturated carbocycles. The molecule has 0 rings (SSSR count). The van der Waals surface area contributed by atoms with E-state index in [-0.39, 0.29) is 79.1 Å². The van der Waals surface area contributed by atoms with Crippen molar-refractivity contribution in [1.82, 2.24) is 0 Å². The van der Waals surface area contributed by atoms with E-state index in [0.717, 1.165) is 46.0 Å². The summed E-state index contributed by atoms with van der Waals surface area (Å²) < 4.78 is 206. The zero-order valence-electron chi connectivity index (χ0n) is 35.4. The van der Waals surface area contributed by atoms with Crippen LogP contribution in [0.15, 0.2) is 0 Å². The summed E-state index contributed by atoms with van der Waals surface area (Å²) in [6, 6.07) is 0. The van der Waals surface area contributed by atoms with Gasteiger partial charge in [-0.3, -0.25) is 0 Å². The maximum atomic E-state index is 13.3. The fourth-order valence-corrected chi connectivity index (χ4v) is 4.26. The van der Waals surface area contributed by atoms with Crippen molar-refractivity contribution in [3.8, 4) is 0 Å². The lowest BCUT2D eigenvalue weighted by atomic mass is 10.1. The molecule has 22 heteroatoms. The van der Waals surface area contributed by atoms with Crippen LogP contribution < -0.4 is 0 Å². The van der Waals surface area contributed by atoms with Crippen molar-refractivity contribution in [2.45, 2.75) is 134 Å². The first-order valence-corrected chi connectivity index (χ1v) is 20.4. The Balaban J connectivity index is 0. The molecule has 0 aromatic heterocycles. The molecule has 0 aromatic rings. The van der Waals surface area contributed by atoms with Crippen LogP contribution in [0.5, 0.6) is 0 Å². The minimum atomic E-state index is -4.54. The minimum Gasteiger partial charge on any atom is -0.377 e. The van der Waals surface area contributed by atoms with Crippen LogP contribution in [-0.4, -0.2) is 148 Å². The summed E-state index contributed by atoms with van der Waals surface area (Å²) in [6.07, 6.45) is -11.0. The summed E-state index contributed by atoms with van der Waals surface area (Å²) in [5.74, 6) is -12.5. The summed E-state index contributed by atoms with van der Waals surface area (Å²) in [7, 11) is 0. The van der Waals surface area contributed by atoms with Crippen LogP contribution in [0.25, 0.3) is 0 Å². The number of hydrogen-bond donors (Lipinski definition) is 0. The van der Waals surface area contributed by atoms with Crippen LogP contribution in [0.2, 0.25) is 0 Å². The first-order valence-electron chi connectivity index (χ1n) is 20.4. The molecular formula is C38H68F12O10. The topological polar surface area (TPSA) is 92.3 Å². The number of alkyl halides is 12. The molecule has 0 saturated heterocycles. The molecule has 0 radical (unpaired) electrons. The molecule has 0 spiro atoms. The van der Waals surface area contributed by atoms with E-state index in [0.29, 0.717) is 39.3 Å². The Bertz CT molecular complexity index is 924. The molecular weight excluding hydrogens is 844 g/mol. The Hall–Kier alpha value is -1.24. The molecule has 0 aliphatic carbocycles. The summed E-state index contributed by atoms with van der Waals surface area (Å²) in [6.45, 7) is 6.43. The van der Waals surface area contributed by atoms with Gasteiger partial charge in [-0.25, -0.2) is 0 Å². The lowest BCUT2D eigenvalue weighted by molar-refractivity contribution is -0.349. The third-order valence-electron chi connectivity index (χ3n) is 8.05. The van der Waals surface area contributed by atoms with E-state index >= 15 is 0 Å². The number of ether oxygens (including phenoxy) is 10. The van der Waals surface area contributed by atoms with E-state index in [1.807, 2.05) is 13.8 Å². The zero-order chi connectivity index (χ0) is 45.9. The van der Waals surface area contributed by atoms with Crippen LogP contribution in [0, 0.1) is 0 Å². The van der Waals surface area contributed by atoms with Crippen molar-refractivity contribution in [3.05, 3.63) is 0 Å². The summed E-state index contributed by atoms with van der Waals surface area (Å²) in [5, 5.41) is 0. The normalized spacial score (nSPS) is 13.2. The van der Waals surface area contributed by atoms with Gasteiger partial charge in [0.2, 0.25) is 0 Å². The average Bonchev–Trinajstić information content (AvgIpc) is 3.19. The van der Waals surface area contributed by atoms with E-state index in [4.69, 9.17) is 33.2 Å². The van der Waals surface area contributed by atoms with Crippen molar-refractivity contribution >= 4 is 0 Å². The van der Waals surface area contributed by atoms with E-state index in [9.17, 15) is 52.7 Å². The van der Waals surface area contributed by atoms with Crippen molar-refractivity contribution in [2.24, 2.45) is 0 Å². The van der Waals surface area contributed by atoms with Crippen molar-refractivity contribution in [1.29, 1.82) is 0 Å². The fraction of sp³-hybridized carbons (Fsp3) is 1.00. The van der Waals surface area contributed by atoms with Gasteiger partial charge in [0.05, 0.1) is 112 Å². The molecule has 10 nitrogen and oxygen atoms in total. The van der Waals surface area contributed by atoms with Crippen molar-refractivity contribution in [3.63, 3.8) is 0 Å². The predicted octanol–water partition coefficient (Wildman–Crippen LogP) is 10.2.